The monoisotopic (exact) mass is 485 g/mol. The third kappa shape index (κ3) is 6.89. The number of sulfonamides is 1. The van der Waals surface area contributed by atoms with E-state index < -0.39 is 10.0 Å². The van der Waals surface area contributed by atoms with Gasteiger partial charge in [0.15, 0.2) is 4.34 Å². The van der Waals surface area contributed by atoms with E-state index in [9.17, 15) is 18.0 Å². The van der Waals surface area contributed by atoms with Crippen molar-refractivity contribution in [3.05, 3.63) is 24.3 Å². The van der Waals surface area contributed by atoms with Crippen LogP contribution in [0.3, 0.4) is 0 Å². The van der Waals surface area contributed by atoms with Crippen molar-refractivity contribution in [1.82, 2.24) is 14.5 Å². The molecule has 1 aliphatic heterocycles. The molecular formula is C18H23N5O5S3. The summed E-state index contributed by atoms with van der Waals surface area (Å²) < 4.78 is 30.2. The number of nitrogens with zero attached hydrogens (tertiary/aromatic N) is 3. The summed E-state index contributed by atoms with van der Waals surface area (Å²) in [5.74, 6) is 0.126. The molecule has 13 heteroatoms. The van der Waals surface area contributed by atoms with Gasteiger partial charge in [-0.05, 0) is 25.0 Å². The fraction of sp³-hybridized carbons (Fsp3) is 0.444. The molecule has 2 heterocycles. The molecule has 1 aromatic heterocycles. The topological polar surface area (TPSA) is 131 Å². The standard InChI is InChI=1S/C18H23N5O5S3/c1-28-14-5-3-4-13(10-14)19-15(24)11-29-18-22-21-17(30-18)20-16(25)12-6-8-23(9-7-12)31(2,26)27/h3-5,10,12H,6-9,11H2,1-2H3,(H,19,24)(H,20,21,25). The van der Waals surface area contributed by atoms with Gasteiger partial charge in [-0.15, -0.1) is 10.2 Å². The summed E-state index contributed by atoms with van der Waals surface area (Å²) in [6, 6.07) is 7.06. The lowest BCUT2D eigenvalue weighted by Crippen LogP contribution is -2.40. The van der Waals surface area contributed by atoms with E-state index in [1.54, 1.807) is 31.4 Å². The molecule has 1 fully saturated rings. The van der Waals surface area contributed by atoms with Crippen LogP contribution in [0.25, 0.3) is 0 Å². The van der Waals surface area contributed by atoms with Crippen LogP contribution < -0.4 is 15.4 Å². The van der Waals surface area contributed by atoms with Crippen LogP contribution in [0.5, 0.6) is 5.75 Å². The van der Waals surface area contributed by atoms with Crippen molar-refractivity contribution in [1.29, 1.82) is 0 Å². The third-order valence-electron chi connectivity index (χ3n) is 4.61. The van der Waals surface area contributed by atoms with Gasteiger partial charge in [-0.3, -0.25) is 9.59 Å². The smallest absolute Gasteiger partial charge is 0.234 e. The minimum atomic E-state index is -3.23. The lowest BCUT2D eigenvalue weighted by molar-refractivity contribution is -0.121. The van der Waals surface area contributed by atoms with Gasteiger partial charge in [0.25, 0.3) is 0 Å². The molecule has 168 valence electrons. The SMILES string of the molecule is COc1cccc(NC(=O)CSc2nnc(NC(=O)C3CCN(S(C)(=O)=O)CC3)s2)c1. The first-order chi connectivity index (χ1) is 14.7. The molecule has 31 heavy (non-hydrogen) atoms. The van der Waals surface area contributed by atoms with Gasteiger partial charge in [0.1, 0.15) is 5.75 Å². The van der Waals surface area contributed by atoms with E-state index in [0.29, 0.717) is 46.8 Å². The number of amides is 2. The van der Waals surface area contributed by atoms with Gasteiger partial charge in [0.05, 0.1) is 19.1 Å². The quantitative estimate of drug-likeness (QED) is 0.428. The fourth-order valence-electron chi connectivity index (χ4n) is 3.00. The highest BCUT2D eigenvalue weighted by atomic mass is 32.2. The molecule has 2 N–H and O–H groups in total. The first kappa shape index (κ1) is 23.4. The Labute approximate surface area is 188 Å². The first-order valence-corrected chi connectivity index (χ1v) is 13.1. The maximum atomic E-state index is 12.4. The van der Waals surface area contributed by atoms with Crippen LogP contribution in [-0.4, -0.2) is 66.9 Å². The molecule has 0 radical (unpaired) electrons. The van der Waals surface area contributed by atoms with E-state index in [1.807, 2.05) is 0 Å². The molecular weight excluding hydrogens is 462 g/mol. The molecule has 0 saturated carbocycles. The summed E-state index contributed by atoms with van der Waals surface area (Å²) in [5.41, 5.74) is 0.636. The van der Waals surface area contributed by atoms with E-state index >= 15 is 0 Å². The molecule has 0 spiro atoms. The Morgan fingerprint density at radius 2 is 2.00 bits per heavy atom. The molecule has 2 amide bonds. The number of rotatable bonds is 8. The number of nitrogens with one attached hydrogen (secondary N) is 2. The second-order valence-corrected chi connectivity index (χ2v) is 11.0. The van der Waals surface area contributed by atoms with E-state index in [4.69, 9.17) is 4.74 Å². The largest absolute Gasteiger partial charge is 0.497 e. The summed E-state index contributed by atoms with van der Waals surface area (Å²) >= 11 is 2.41. The Bertz CT molecular complexity index is 1030. The van der Waals surface area contributed by atoms with Crippen molar-refractivity contribution >= 4 is 55.8 Å². The van der Waals surface area contributed by atoms with Gasteiger partial charge in [0, 0.05) is 30.8 Å². The van der Waals surface area contributed by atoms with Crippen molar-refractivity contribution in [2.75, 3.05) is 42.8 Å². The Balaban J connectivity index is 1.44. The fourth-order valence-corrected chi connectivity index (χ4v) is 5.43. The number of ether oxygens (including phenoxy) is 1. The van der Waals surface area contributed by atoms with Gasteiger partial charge in [0.2, 0.25) is 27.0 Å². The van der Waals surface area contributed by atoms with Crippen LogP contribution in [0, 0.1) is 5.92 Å². The first-order valence-electron chi connectivity index (χ1n) is 9.41. The van der Waals surface area contributed by atoms with Crippen LogP contribution in [0.2, 0.25) is 0 Å². The van der Waals surface area contributed by atoms with Crippen LogP contribution >= 0.6 is 23.1 Å². The molecule has 1 aliphatic rings. The number of hydrogen-bond donors (Lipinski definition) is 2. The van der Waals surface area contributed by atoms with E-state index in [2.05, 4.69) is 20.8 Å². The summed E-state index contributed by atoms with van der Waals surface area (Å²) in [6.07, 6.45) is 2.10. The Hall–Kier alpha value is -2.22. The minimum Gasteiger partial charge on any atom is -0.497 e. The number of methoxy groups -OCH3 is 1. The molecule has 0 atom stereocenters. The lowest BCUT2D eigenvalue weighted by Gasteiger charge is -2.29. The van der Waals surface area contributed by atoms with Crippen LogP contribution in [-0.2, 0) is 19.6 Å². The van der Waals surface area contributed by atoms with Crippen LogP contribution in [0.1, 0.15) is 12.8 Å². The highest BCUT2D eigenvalue weighted by Gasteiger charge is 2.29. The number of hydrogen-bond acceptors (Lipinski definition) is 9. The highest BCUT2D eigenvalue weighted by Crippen LogP contribution is 2.27. The van der Waals surface area contributed by atoms with E-state index in [-0.39, 0.29) is 23.5 Å². The number of piperidine rings is 1. The zero-order valence-electron chi connectivity index (χ0n) is 17.0. The minimum absolute atomic E-state index is 0.143. The Kier molecular flexibility index (Phi) is 7.86. The summed E-state index contributed by atoms with van der Waals surface area (Å²) in [5, 5.41) is 13.8. The second kappa shape index (κ2) is 10.4. The Morgan fingerprint density at radius 3 is 2.68 bits per heavy atom. The molecule has 0 aliphatic carbocycles. The van der Waals surface area contributed by atoms with Gasteiger partial charge in [-0.25, -0.2) is 12.7 Å². The summed E-state index contributed by atoms with van der Waals surface area (Å²) in [6.45, 7) is 0.660. The molecule has 2 aromatic rings. The number of benzene rings is 1. The number of carbonyl (C=O) groups excluding carboxylic acids is 2. The Morgan fingerprint density at radius 1 is 1.26 bits per heavy atom. The molecule has 1 saturated heterocycles. The average molecular weight is 486 g/mol. The number of carbonyl (C=O) groups is 2. The van der Waals surface area contributed by atoms with Crippen molar-refractivity contribution in [2.45, 2.75) is 17.2 Å². The molecule has 0 unspecified atom stereocenters. The molecule has 0 bridgehead atoms. The number of aromatic nitrogens is 2. The van der Waals surface area contributed by atoms with E-state index in [0.717, 1.165) is 0 Å². The normalized spacial score (nSPS) is 15.4. The third-order valence-corrected chi connectivity index (χ3v) is 7.89. The highest BCUT2D eigenvalue weighted by molar-refractivity contribution is 8.01. The van der Waals surface area contributed by atoms with Gasteiger partial charge >= 0.3 is 0 Å². The van der Waals surface area contributed by atoms with Gasteiger partial charge in [-0.1, -0.05) is 29.2 Å². The average Bonchev–Trinajstić information content (AvgIpc) is 3.19. The predicted molar refractivity (Wildman–Crippen MR) is 120 cm³/mol. The number of thioether (sulfide) groups is 1. The maximum absolute atomic E-state index is 12.4. The summed E-state index contributed by atoms with van der Waals surface area (Å²) in [4.78, 5) is 24.6. The second-order valence-electron chi connectivity index (χ2n) is 6.87. The zero-order chi connectivity index (χ0) is 22.4. The maximum Gasteiger partial charge on any atom is 0.234 e. The molecule has 1 aromatic carbocycles. The van der Waals surface area contributed by atoms with Crippen molar-refractivity contribution in [2.24, 2.45) is 5.92 Å². The summed E-state index contributed by atoms with van der Waals surface area (Å²) in [7, 11) is -1.67. The van der Waals surface area contributed by atoms with E-state index in [1.165, 1.54) is 33.7 Å². The van der Waals surface area contributed by atoms with Gasteiger partial charge in [-0.2, -0.15) is 0 Å². The zero-order valence-corrected chi connectivity index (χ0v) is 19.5. The molecule has 3 rings (SSSR count). The molecule has 10 nitrogen and oxygen atoms in total. The van der Waals surface area contributed by atoms with Crippen LogP contribution in [0.15, 0.2) is 28.6 Å². The number of anilines is 2. The van der Waals surface area contributed by atoms with Crippen molar-refractivity contribution in [3.8, 4) is 5.75 Å². The predicted octanol–water partition coefficient (Wildman–Crippen LogP) is 1.89. The van der Waals surface area contributed by atoms with Crippen molar-refractivity contribution in [3.63, 3.8) is 0 Å². The van der Waals surface area contributed by atoms with Gasteiger partial charge < -0.3 is 15.4 Å². The van der Waals surface area contributed by atoms with Crippen molar-refractivity contribution < 1.29 is 22.7 Å². The van der Waals surface area contributed by atoms with Crippen LogP contribution in [0.4, 0.5) is 10.8 Å². The lowest BCUT2D eigenvalue weighted by atomic mass is 9.97.